The summed E-state index contributed by atoms with van der Waals surface area (Å²) >= 11 is 0. The second kappa shape index (κ2) is 5.55. The molecule has 0 saturated carbocycles. The minimum atomic E-state index is -0.660. The number of nitrogens with one attached hydrogen (secondary N) is 2. The third-order valence-electron chi connectivity index (χ3n) is 3.51. The Bertz CT molecular complexity index is 761. The molecule has 0 aliphatic carbocycles. The van der Waals surface area contributed by atoms with Crippen molar-refractivity contribution in [2.24, 2.45) is 0 Å². The second-order valence-electron chi connectivity index (χ2n) is 5.19. The summed E-state index contributed by atoms with van der Waals surface area (Å²) in [5, 5.41) is 5.29. The number of aryl methyl sites for hydroxylation is 1. The number of fused-ring (bicyclic) bond motifs is 1. The van der Waals surface area contributed by atoms with E-state index >= 15 is 0 Å². The Morgan fingerprint density at radius 1 is 1.36 bits per heavy atom. The standard InChI is InChI=1S/C16H14FN3O2/c1-9-3-2-4-14(18-9)20-16(22)12-8-15(21)19-13-7-10(17)5-6-11(12)13/h2-7,12H,8H2,1H3,(H,19,21)(H,18,20,22). The van der Waals surface area contributed by atoms with Crippen LogP contribution in [0, 0.1) is 12.7 Å². The molecule has 1 aromatic heterocycles. The van der Waals surface area contributed by atoms with E-state index in [1.54, 1.807) is 12.1 Å². The monoisotopic (exact) mass is 299 g/mol. The molecule has 0 bridgehead atoms. The third kappa shape index (κ3) is 2.81. The van der Waals surface area contributed by atoms with Gasteiger partial charge in [0.1, 0.15) is 11.6 Å². The number of amides is 2. The van der Waals surface area contributed by atoms with E-state index < -0.39 is 11.7 Å². The summed E-state index contributed by atoms with van der Waals surface area (Å²) in [7, 11) is 0. The number of rotatable bonds is 2. The highest BCUT2D eigenvalue weighted by atomic mass is 19.1. The van der Waals surface area contributed by atoms with Gasteiger partial charge in [-0.05, 0) is 36.8 Å². The van der Waals surface area contributed by atoms with Crippen LogP contribution in [-0.2, 0) is 9.59 Å². The van der Waals surface area contributed by atoms with Crippen LogP contribution in [0.1, 0.15) is 23.6 Å². The Labute approximate surface area is 126 Å². The van der Waals surface area contributed by atoms with Crippen LogP contribution in [0.4, 0.5) is 15.9 Å². The molecule has 1 aliphatic rings. The highest BCUT2D eigenvalue weighted by molar-refractivity contribution is 6.04. The van der Waals surface area contributed by atoms with Gasteiger partial charge in [-0.25, -0.2) is 9.37 Å². The number of hydrogen-bond donors (Lipinski definition) is 2. The Balaban J connectivity index is 1.88. The summed E-state index contributed by atoms with van der Waals surface area (Å²) in [4.78, 5) is 28.4. The van der Waals surface area contributed by atoms with Gasteiger partial charge in [0.2, 0.25) is 11.8 Å². The lowest BCUT2D eigenvalue weighted by Gasteiger charge is -2.24. The van der Waals surface area contributed by atoms with Gasteiger partial charge in [-0.2, -0.15) is 0 Å². The first-order valence-corrected chi connectivity index (χ1v) is 6.87. The number of carbonyl (C=O) groups excluding carboxylic acids is 2. The molecule has 0 spiro atoms. The molecule has 5 nitrogen and oxygen atoms in total. The predicted octanol–water partition coefficient (Wildman–Crippen LogP) is 2.59. The summed E-state index contributed by atoms with van der Waals surface area (Å²) in [6.45, 7) is 1.82. The zero-order valence-corrected chi connectivity index (χ0v) is 11.9. The average molecular weight is 299 g/mol. The molecule has 22 heavy (non-hydrogen) atoms. The molecular formula is C16H14FN3O2. The fraction of sp³-hybridized carbons (Fsp3) is 0.188. The maximum absolute atomic E-state index is 13.3. The van der Waals surface area contributed by atoms with Crippen LogP contribution in [0.2, 0.25) is 0 Å². The molecule has 0 fully saturated rings. The van der Waals surface area contributed by atoms with E-state index in [0.29, 0.717) is 17.1 Å². The van der Waals surface area contributed by atoms with Gasteiger partial charge in [-0.1, -0.05) is 12.1 Å². The van der Waals surface area contributed by atoms with Crippen molar-refractivity contribution in [3.63, 3.8) is 0 Å². The van der Waals surface area contributed by atoms with Crippen LogP contribution in [0.15, 0.2) is 36.4 Å². The van der Waals surface area contributed by atoms with Crippen LogP contribution < -0.4 is 10.6 Å². The number of halogens is 1. The molecule has 2 N–H and O–H groups in total. The number of carbonyl (C=O) groups is 2. The topological polar surface area (TPSA) is 71.1 Å². The van der Waals surface area contributed by atoms with E-state index in [1.807, 2.05) is 13.0 Å². The van der Waals surface area contributed by atoms with Crippen LogP contribution in [-0.4, -0.2) is 16.8 Å². The van der Waals surface area contributed by atoms with Gasteiger partial charge in [0.25, 0.3) is 0 Å². The first-order valence-electron chi connectivity index (χ1n) is 6.87. The molecule has 3 rings (SSSR count). The van der Waals surface area contributed by atoms with E-state index in [1.165, 1.54) is 18.2 Å². The molecule has 2 heterocycles. The second-order valence-corrected chi connectivity index (χ2v) is 5.19. The van der Waals surface area contributed by atoms with Gasteiger partial charge >= 0.3 is 0 Å². The highest BCUT2D eigenvalue weighted by Gasteiger charge is 2.31. The van der Waals surface area contributed by atoms with Crippen molar-refractivity contribution in [3.05, 3.63) is 53.5 Å². The Hall–Kier alpha value is -2.76. The molecule has 1 atom stereocenters. The lowest BCUT2D eigenvalue weighted by Crippen LogP contribution is -2.31. The Morgan fingerprint density at radius 2 is 2.18 bits per heavy atom. The molecule has 0 radical (unpaired) electrons. The fourth-order valence-electron chi connectivity index (χ4n) is 2.50. The molecule has 2 amide bonds. The van der Waals surface area contributed by atoms with Crippen molar-refractivity contribution in [1.82, 2.24) is 4.98 Å². The quantitative estimate of drug-likeness (QED) is 0.895. The van der Waals surface area contributed by atoms with Crippen molar-refractivity contribution in [1.29, 1.82) is 0 Å². The van der Waals surface area contributed by atoms with E-state index in [2.05, 4.69) is 15.6 Å². The normalized spacial score (nSPS) is 16.6. The number of anilines is 2. The number of aromatic nitrogens is 1. The van der Waals surface area contributed by atoms with Crippen molar-refractivity contribution in [3.8, 4) is 0 Å². The number of nitrogens with zero attached hydrogens (tertiary/aromatic N) is 1. The zero-order chi connectivity index (χ0) is 15.7. The predicted molar refractivity (Wildman–Crippen MR) is 80.0 cm³/mol. The van der Waals surface area contributed by atoms with Crippen molar-refractivity contribution < 1.29 is 14.0 Å². The maximum atomic E-state index is 13.3. The summed E-state index contributed by atoms with van der Waals surface area (Å²) < 4.78 is 13.3. The van der Waals surface area contributed by atoms with Gasteiger partial charge in [-0.15, -0.1) is 0 Å². The zero-order valence-electron chi connectivity index (χ0n) is 11.9. The van der Waals surface area contributed by atoms with E-state index in [-0.39, 0.29) is 18.2 Å². The van der Waals surface area contributed by atoms with Crippen molar-refractivity contribution >= 4 is 23.3 Å². The molecule has 2 aromatic rings. The smallest absolute Gasteiger partial charge is 0.233 e. The Kier molecular flexibility index (Phi) is 3.58. The van der Waals surface area contributed by atoms with Gasteiger partial charge in [-0.3, -0.25) is 9.59 Å². The molecule has 1 aromatic carbocycles. The molecule has 0 saturated heterocycles. The summed E-state index contributed by atoms with van der Waals surface area (Å²) in [5.74, 6) is -1.33. The van der Waals surface area contributed by atoms with Crippen molar-refractivity contribution in [2.75, 3.05) is 10.6 Å². The fourth-order valence-corrected chi connectivity index (χ4v) is 2.50. The lowest BCUT2D eigenvalue weighted by atomic mass is 9.89. The van der Waals surface area contributed by atoms with Crippen LogP contribution >= 0.6 is 0 Å². The van der Waals surface area contributed by atoms with E-state index in [9.17, 15) is 14.0 Å². The number of pyridine rings is 1. The minimum Gasteiger partial charge on any atom is -0.326 e. The summed E-state index contributed by atoms with van der Waals surface area (Å²) in [5.41, 5.74) is 1.72. The van der Waals surface area contributed by atoms with Crippen LogP contribution in [0.5, 0.6) is 0 Å². The SMILES string of the molecule is Cc1cccc(NC(=O)C2CC(=O)Nc3cc(F)ccc32)n1. The molecule has 1 unspecified atom stereocenters. The molecular weight excluding hydrogens is 285 g/mol. The van der Waals surface area contributed by atoms with Gasteiger partial charge in [0.15, 0.2) is 0 Å². The number of hydrogen-bond acceptors (Lipinski definition) is 3. The minimum absolute atomic E-state index is 0.0241. The van der Waals surface area contributed by atoms with E-state index in [0.717, 1.165) is 5.69 Å². The third-order valence-corrected chi connectivity index (χ3v) is 3.51. The summed E-state index contributed by atoms with van der Waals surface area (Å²) in [6, 6.07) is 9.31. The first kappa shape index (κ1) is 14.2. The molecule has 1 aliphatic heterocycles. The summed E-state index contributed by atoms with van der Waals surface area (Å²) in [6.07, 6.45) is 0.0241. The first-order chi connectivity index (χ1) is 10.5. The lowest BCUT2D eigenvalue weighted by molar-refractivity contribution is -0.123. The molecule has 6 heteroatoms. The van der Waals surface area contributed by atoms with Crippen LogP contribution in [0.25, 0.3) is 0 Å². The molecule has 112 valence electrons. The van der Waals surface area contributed by atoms with Crippen LogP contribution in [0.3, 0.4) is 0 Å². The van der Waals surface area contributed by atoms with Gasteiger partial charge < -0.3 is 10.6 Å². The van der Waals surface area contributed by atoms with Gasteiger partial charge in [0, 0.05) is 17.8 Å². The largest absolute Gasteiger partial charge is 0.326 e. The van der Waals surface area contributed by atoms with E-state index in [4.69, 9.17) is 0 Å². The number of benzene rings is 1. The van der Waals surface area contributed by atoms with Gasteiger partial charge in [0.05, 0.1) is 5.92 Å². The Morgan fingerprint density at radius 3 is 2.95 bits per heavy atom. The maximum Gasteiger partial charge on any atom is 0.233 e. The highest BCUT2D eigenvalue weighted by Crippen LogP contribution is 2.33. The van der Waals surface area contributed by atoms with Crippen molar-refractivity contribution in [2.45, 2.75) is 19.3 Å². The average Bonchev–Trinajstić information content (AvgIpc) is 2.45.